The van der Waals surface area contributed by atoms with Crippen molar-refractivity contribution >= 4 is 23.4 Å². The predicted octanol–water partition coefficient (Wildman–Crippen LogP) is 3.96. The Kier molecular flexibility index (Phi) is 5.86. The molecule has 0 aliphatic carbocycles. The second-order valence-electron chi connectivity index (χ2n) is 6.00. The molecule has 1 aliphatic rings. The van der Waals surface area contributed by atoms with Crippen molar-refractivity contribution in [2.75, 3.05) is 36.5 Å². The maximum Gasteiger partial charge on any atom is 0.251 e. The number of hydrogen-bond acceptors (Lipinski definition) is 3. The zero-order valence-corrected chi connectivity index (χ0v) is 14.6. The highest BCUT2D eigenvalue weighted by Crippen LogP contribution is 2.27. The molecule has 2 aromatic rings. The second-order valence-corrected chi connectivity index (χ2v) is 6.00. The lowest BCUT2D eigenvalue weighted by atomic mass is 10.1. The van der Waals surface area contributed by atoms with Gasteiger partial charge >= 0.3 is 0 Å². The van der Waals surface area contributed by atoms with Crippen LogP contribution in [0.1, 0.15) is 18.9 Å². The van der Waals surface area contributed by atoms with Crippen LogP contribution >= 0.6 is 0 Å². The van der Waals surface area contributed by atoms with Gasteiger partial charge in [-0.1, -0.05) is 49.4 Å². The molecule has 1 saturated heterocycles. The van der Waals surface area contributed by atoms with E-state index in [1.807, 2.05) is 67.6 Å². The van der Waals surface area contributed by atoms with Crippen LogP contribution in [0.2, 0.25) is 0 Å². The van der Waals surface area contributed by atoms with Crippen molar-refractivity contribution in [3.63, 3.8) is 0 Å². The van der Waals surface area contributed by atoms with Gasteiger partial charge in [-0.15, -0.1) is 0 Å². The first-order valence-corrected chi connectivity index (χ1v) is 8.76. The predicted molar refractivity (Wildman–Crippen MR) is 103 cm³/mol. The van der Waals surface area contributed by atoms with Gasteiger partial charge in [0.15, 0.2) is 0 Å². The first-order valence-electron chi connectivity index (χ1n) is 8.76. The summed E-state index contributed by atoms with van der Waals surface area (Å²) in [6.45, 7) is 5.12. The molecule has 1 heterocycles. The van der Waals surface area contributed by atoms with Gasteiger partial charge < -0.3 is 15.0 Å². The van der Waals surface area contributed by atoms with Crippen LogP contribution in [-0.2, 0) is 9.53 Å². The van der Waals surface area contributed by atoms with Crippen LogP contribution < -0.4 is 10.2 Å². The van der Waals surface area contributed by atoms with Crippen molar-refractivity contribution in [1.82, 2.24) is 0 Å². The molecule has 25 heavy (non-hydrogen) atoms. The number of hydrogen-bond donors (Lipinski definition) is 1. The number of carbonyl (C=O) groups is 1. The van der Waals surface area contributed by atoms with E-state index in [-0.39, 0.29) is 5.91 Å². The number of amides is 1. The van der Waals surface area contributed by atoms with Gasteiger partial charge in [-0.2, -0.15) is 0 Å². The van der Waals surface area contributed by atoms with Crippen LogP contribution in [0.3, 0.4) is 0 Å². The molecule has 1 aliphatic heterocycles. The Bertz CT molecular complexity index is 735. The van der Waals surface area contributed by atoms with Crippen LogP contribution in [0.25, 0.3) is 6.08 Å². The van der Waals surface area contributed by atoms with Crippen LogP contribution in [0.4, 0.5) is 11.4 Å². The molecule has 0 atom stereocenters. The van der Waals surface area contributed by atoms with Gasteiger partial charge in [-0.25, -0.2) is 0 Å². The molecule has 0 saturated carbocycles. The Morgan fingerprint density at radius 1 is 1.08 bits per heavy atom. The van der Waals surface area contributed by atoms with Crippen LogP contribution in [0.15, 0.2) is 60.2 Å². The van der Waals surface area contributed by atoms with Gasteiger partial charge in [0.05, 0.1) is 24.6 Å². The van der Waals surface area contributed by atoms with Gasteiger partial charge in [-0.05, 0) is 30.2 Å². The Balaban J connectivity index is 1.79. The molecular weight excluding hydrogens is 312 g/mol. The lowest BCUT2D eigenvalue weighted by Crippen LogP contribution is -2.36. The molecule has 0 aromatic heterocycles. The minimum atomic E-state index is -0.0490. The monoisotopic (exact) mass is 336 g/mol. The smallest absolute Gasteiger partial charge is 0.251 e. The van der Waals surface area contributed by atoms with Gasteiger partial charge in [0.25, 0.3) is 5.91 Å². The number of morpholine rings is 1. The summed E-state index contributed by atoms with van der Waals surface area (Å²) in [5.41, 5.74) is 3.70. The normalized spacial score (nSPS) is 15.1. The van der Waals surface area contributed by atoms with E-state index in [1.54, 1.807) is 0 Å². The molecule has 2 aromatic carbocycles. The molecule has 1 amide bonds. The van der Waals surface area contributed by atoms with Gasteiger partial charge in [0.2, 0.25) is 0 Å². The van der Waals surface area contributed by atoms with E-state index in [1.165, 1.54) is 0 Å². The summed E-state index contributed by atoms with van der Waals surface area (Å²) in [4.78, 5) is 15.0. The number of carbonyl (C=O) groups excluding carboxylic acids is 1. The van der Waals surface area contributed by atoms with Gasteiger partial charge in [0, 0.05) is 18.7 Å². The van der Waals surface area contributed by atoms with Crippen LogP contribution in [0, 0.1) is 0 Å². The number of anilines is 2. The third kappa shape index (κ3) is 4.48. The van der Waals surface area contributed by atoms with Crippen LogP contribution in [-0.4, -0.2) is 32.2 Å². The average molecular weight is 336 g/mol. The molecule has 0 unspecified atom stereocenters. The number of nitrogens with one attached hydrogen (secondary N) is 1. The highest BCUT2D eigenvalue weighted by molar-refractivity contribution is 6.08. The molecular formula is C21H24N2O2. The Morgan fingerprint density at radius 2 is 1.76 bits per heavy atom. The highest BCUT2D eigenvalue weighted by Gasteiger charge is 2.16. The SMILES string of the molecule is CC/C(=C\c1ccccc1)C(=O)Nc1ccccc1N1CCOCC1. The summed E-state index contributed by atoms with van der Waals surface area (Å²) in [6, 6.07) is 17.9. The van der Waals surface area contributed by atoms with Gasteiger partial charge in [-0.3, -0.25) is 4.79 Å². The molecule has 0 spiro atoms. The van der Waals surface area contributed by atoms with Crippen molar-refractivity contribution in [3.8, 4) is 0 Å². The first kappa shape index (κ1) is 17.2. The molecule has 4 nitrogen and oxygen atoms in total. The van der Waals surface area contributed by atoms with E-state index >= 15 is 0 Å². The van der Waals surface area contributed by atoms with E-state index in [0.29, 0.717) is 6.42 Å². The summed E-state index contributed by atoms with van der Waals surface area (Å²) in [6.07, 6.45) is 2.63. The molecule has 130 valence electrons. The minimum absolute atomic E-state index is 0.0490. The minimum Gasteiger partial charge on any atom is -0.378 e. The van der Waals surface area contributed by atoms with Crippen molar-refractivity contribution in [2.24, 2.45) is 0 Å². The standard InChI is InChI=1S/C21H24N2O2/c1-2-18(16-17-8-4-3-5-9-17)21(24)22-19-10-6-7-11-20(19)23-12-14-25-15-13-23/h3-11,16H,2,12-15H2,1H3,(H,22,24)/b18-16+. The number of rotatable bonds is 5. The van der Waals surface area contributed by atoms with E-state index < -0.39 is 0 Å². The second kappa shape index (κ2) is 8.49. The summed E-state index contributed by atoms with van der Waals surface area (Å²) in [5, 5.41) is 3.09. The molecule has 1 fully saturated rings. The maximum absolute atomic E-state index is 12.8. The third-order valence-corrected chi connectivity index (χ3v) is 4.32. The number of nitrogens with zero attached hydrogens (tertiary/aromatic N) is 1. The van der Waals surface area contributed by atoms with E-state index in [9.17, 15) is 4.79 Å². The number of para-hydroxylation sites is 2. The molecule has 0 bridgehead atoms. The first-order chi connectivity index (χ1) is 12.3. The lowest BCUT2D eigenvalue weighted by molar-refractivity contribution is -0.112. The van der Waals surface area contributed by atoms with Crippen molar-refractivity contribution in [1.29, 1.82) is 0 Å². The average Bonchev–Trinajstić information content (AvgIpc) is 2.68. The van der Waals surface area contributed by atoms with Gasteiger partial charge in [0.1, 0.15) is 0 Å². The fourth-order valence-corrected chi connectivity index (χ4v) is 2.94. The summed E-state index contributed by atoms with van der Waals surface area (Å²) in [5.74, 6) is -0.0490. The molecule has 3 rings (SSSR count). The number of ether oxygens (including phenoxy) is 1. The highest BCUT2D eigenvalue weighted by atomic mass is 16.5. The van der Waals surface area contributed by atoms with Crippen molar-refractivity contribution < 1.29 is 9.53 Å². The largest absolute Gasteiger partial charge is 0.378 e. The van der Waals surface area contributed by atoms with Crippen molar-refractivity contribution in [3.05, 3.63) is 65.7 Å². The zero-order valence-electron chi connectivity index (χ0n) is 14.6. The molecule has 1 N–H and O–H groups in total. The Morgan fingerprint density at radius 3 is 2.48 bits per heavy atom. The summed E-state index contributed by atoms with van der Waals surface area (Å²) in [7, 11) is 0. The van der Waals surface area contributed by atoms with Crippen LogP contribution in [0.5, 0.6) is 0 Å². The number of benzene rings is 2. The third-order valence-electron chi connectivity index (χ3n) is 4.32. The Hall–Kier alpha value is -2.59. The Labute approximate surface area is 149 Å². The quantitative estimate of drug-likeness (QED) is 0.841. The maximum atomic E-state index is 12.8. The van der Waals surface area contributed by atoms with E-state index in [4.69, 9.17) is 4.74 Å². The van der Waals surface area contributed by atoms with E-state index in [0.717, 1.165) is 48.8 Å². The zero-order chi connectivity index (χ0) is 17.5. The molecule has 4 heteroatoms. The van der Waals surface area contributed by atoms with Crippen molar-refractivity contribution in [2.45, 2.75) is 13.3 Å². The topological polar surface area (TPSA) is 41.6 Å². The summed E-state index contributed by atoms with van der Waals surface area (Å²) < 4.78 is 5.43. The summed E-state index contributed by atoms with van der Waals surface area (Å²) >= 11 is 0. The lowest BCUT2D eigenvalue weighted by Gasteiger charge is -2.30. The fraction of sp³-hybridized carbons (Fsp3) is 0.286. The van der Waals surface area contributed by atoms with E-state index in [2.05, 4.69) is 10.2 Å². The fourth-order valence-electron chi connectivity index (χ4n) is 2.94. The molecule has 0 radical (unpaired) electrons.